The molecule has 2 aromatic rings. The highest BCUT2D eigenvalue weighted by Crippen LogP contribution is 2.24. The SMILES string of the molecule is CN(CC(=O)O)C(/C=C/C#Cc1ccc(C(C)(C)C)cc1)c1ccccc1F. The van der Waals surface area contributed by atoms with Gasteiger partial charge in [-0.1, -0.05) is 69.0 Å². The molecule has 0 aliphatic carbocycles. The molecule has 0 saturated heterocycles. The van der Waals surface area contributed by atoms with Gasteiger partial charge in [0.05, 0.1) is 12.6 Å². The Bertz CT molecular complexity index is 899. The highest BCUT2D eigenvalue weighted by molar-refractivity contribution is 5.69. The third kappa shape index (κ3) is 6.07. The first-order chi connectivity index (χ1) is 13.2. The van der Waals surface area contributed by atoms with Crippen molar-refractivity contribution in [1.29, 1.82) is 0 Å². The van der Waals surface area contributed by atoms with Gasteiger partial charge in [-0.15, -0.1) is 0 Å². The first-order valence-electron chi connectivity index (χ1n) is 9.13. The average molecular weight is 379 g/mol. The van der Waals surface area contributed by atoms with Crippen LogP contribution in [-0.4, -0.2) is 29.6 Å². The van der Waals surface area contributed by atoms with Crippen LogP contribution in [0, 0.1) is 17.7 Å². The van der Waals surface area contributed by atoms with Crippen LogP contribution in [0.2, 0.25) is 0 Å². The summed E-state index contributed by atoms with van der Waals surface area (Å²) in [5.74, 6) is 4.67. The number of aliphatic carboxylic acids is 1. The second kappa shape index (κ2) is 9.34. The lowest BCUT2D eigenvalue weighted by molar-refractivity contribution is -0.138. The second-order valence-corrected chi connectivity index (χ2v) is 7.73. The van der Waals surface area contributed by atoms with Crippen molar-refractivity contribution in [3.8, 4) is 11.8 Å². The molecular weight excluding hydrogens is 353 g/mol. The minimum absolute atomic E-state index is 0.0908. The molecule has 1 unspecified atom stereocenters. The van der Waals surface area contributed by atoms with E-state index in [1.54, 1.807) is 42.3 Å². The monoisotopic (exact) mass is 379 g/mol. The Hall–Kier alpha value is -2.90. The van der Waals surface area contributed by atoms with E-state index in [0.717, 1.165) is 5.56 Å². The predicted molar refractivity (Wildman–Crippen MR) is 111 cm³/mol. The van der Waals surface area contributed by atoms with E-state index >= 15 is 0 Å². The molecule has 0 heterocycles. The molecule has 0 aliphatic rings. The van der Waals surface area contributed by atoms with E-state index in [0.29, 0.717) is 5.56 Å². The fourth-order valence-corrected chi connectivity index (χ4v) is 2.83. The molecule has 4 heteroatoms. The number of benzene rings is 2. The number of nitrogens with zero attached hydrogens (tertiary/aromatic N) is 1. The third-order valence-electron chi connectivity index (χ3n) is 4.41. The first-order valence-corrected chi connectivity index (χ1v) is 9.13. The lowest BCUT2D eigenvalue weighted by Gasteiger charge is -2.24. The second-order valence-electron chi connectivity index (χ2n) is 7.73. The Kier molecular flexibility index (Phi) is 7.14. The average Bonchev–Trinajstić information content (AvgIpc) is 2.61. The van der Waals surface area contributed by atoms with Gasteiger partial charge in [0, 0.05) is 11.1 Å². The van der Waals surface area contributed by atoms with E-state index in [2.05, 4.69) is 44.7 Å². The van der Waals surface area contributed by atoms with Crippen LogP contribution in [0.4, 0.5) is 4.39 Å². The molecule has 0 aliphatic heterocycles. The van der Waals surface area contributed by atoms with Crippen molar-refractivity contribution in [2.24, 2.45) is 0 Å². The maximum Gasteiger partial charge on any atom is 0.317 e. The van der Waals surface area contributed by atoms with Crippen molar-refractivity contribution < 1.29 is 14.3 Å². The number of carboxylic acid groups (broad SMARTS) is 1. The van der Waals surface area contributed by atoms with Crippen LogP contribution in [0.3, 0.4) is 0 Å². The maximum atomic E-state index is 14.2. The summed E-state index contributed by atoms with van der Waals surface area (Å²) >= 11 is 0. The van der Waals surface area contributed by atoms with E-state index in [1.807, 2.05) is 12.1 Å². The zero-order valence-corrected chi connectivity index (χ0v) is 16.7. The topological polar surface area (TPSA) is 40.5 Å². The van der Waals surface area contributed by atoms with Gasteiger partial charge >= 0.3 is 5.97 Å². The lowest BCUT2D eigenvalue weighted by atomic mass is 9.87. The van der Waals surface area contributed by atoms with Crippen LogP contribution < -0.4 is 0 Å². The van der Waals surface area contributed by atoms with Crippen LogP contribution in [-0.2, 0) is 10.2 Å². The molecule has 0 spiro atoms. The van der Waals surface area contributed by atoms with Gasteiger partial charge in [-0.3, -0.25) is 9.69 Å². The van der Waals surface area contributed by atoms with Gasteiger partial charge in [0.2, 0.25) is 0 Å². The standard InChI is InChI=1S/C24H26FNO2/c1-24(2,3)19-15-13-18(14-16-19)9-5-8-12-22(26(4)17-23(27)28)20-10-6-7-11-21(20)25/h6-8,10-16,22H,17H2,1-4H3,(H,27,28)/b12-8+. The zero-order valence-electron chi connectivity index (χ0n) is 16.7. The predicted octanol–water partition coefficient (Wildman–Crippen LogP) is 4.79. The normalized spacial score (nSPS) is 12.6. The molecule has 1 atom stereocenters. The summed E-state index contributed by atoms with van der Waals surface area (Å²) < 4.78 is 14.2. The number of allylic oxidation sites excluding steroid dienone is 1. The molecule has 2 aromatic carbocycles. The van der Waals surface area contributed by atoms with Crippen molar-refractivity contribution in [3.05, 3.63) is 83.2 Å². The Labute approximate surface area is 166 Å². The minimum atomic E-state index is -0.970. The van der Waals surface area contributed by atoms with Crippen molar-refractivity contribution in [1.82, 2.24) is 4.90 Å². The summed E-state index contributed by atoms with van der Waals surface area (Å²) in [5, 5.41) is 9.06. The van der Waals surface area contributed by atoms with Crippen LogP contribution in [0.15, 0.2) is 60.7 Å². The molecule has 2 rings (SSSR count). The van der Waals surface area contributed by atoms with Crippen molar-refractivity contribution >= 4 is 5.97 Å². The Morgan fingerprint density at radius 3 is 2.39 bits per heavy atom. The van der Waals surface area contributed by atoms with Crippen molar-refractivity contribution in [2.45, 2.75) is 32.2 Å². The molecule has 3 nitrogen and oxygen atoms in total. The fraction of sp³-hybridized carbons (Fsp3) is 0.292. The van der Waals surface area contributed by atoms with E-state index < -0.39 is 12.0 Å². The minimum Gasteiger partial charge on any atom is -0.480 e. The number of halogens is 1. The largest absolute Gasteiger partial charge is 0.480 e. The molecule has 0 bridgehead atoms. The summed E-state index contributed by atoms with van der Waals surface area (Å²) in [4.78, 5) is 12.6. The Balaban J connectivity index is 2.21. The van der Waals surface area contributed by atoms with Crippen molar-refractivity contribution in [2.75, 3.05) is 13.6 Å². The van der Waals surface area contributed by atoms with Gasteiger partial charge in [-0.05, 0) is 42.3 Å². The van der Waals surface area contributed by atoms with Gasteiger partial charge in [0.1, 0.15) is 5.82 Å². The molecule has 0 fully saturated rings. The lowest BCUT2D eigenvalue weighted by Crippen LogP contribution is -2.29. The van der Waals surface area contributed by atoms with Crippen LogP contribution >= 0.6 is 0 Å². The van der Waals surface area contributed by atoms with E-state index in [4.69, 9.17) is 5.11 Å². The highest BCUT2D eigenvalue weighted by Gasteiger charge is 2.19. The highest BCUT2D eigenvalue weighted by atomic mass is 19.1. The molecule has 0 saturated carbocycles. The molecule has 146 valence electrons. The molecule has 0 amide bonds. The van der Waals surface area contributed by atoms with Gasteiger partial charge in [-0.2, -0.15) is 0 Å². The Morgan fingerprint density at radius 1 is 1.18 bits per heavy atom. The summed E-state index contributed by atoms with van der Waals surface area (Å²) in [6.45, 7) is 6.28. The van der Waals surface area contributed by atoms with E-state index in [1.165, 1.54) is 11.6 Å². The summed E-state index contributed by atoms with van der Waals surface area (Å²) in [7, 11) is 1.65. The summed E-state index contributed by atoms with van der Waals surface area (Å²) in [6, 6.07) is 13.9. The van der Waals surface area contributed by atoms with Gasteiger partial charge in [-0.25, -0.2) is 4.39 Å². The zero-order chi connectivity index (χ0) is 20.7. The smallest absolute Gasteiger partial charge is 0.317 e. The molecule has 1 N–H and O–H groups in total. The molecule has 0 radical (unpaired) electrons. The quantitative estimate of drug-likeness (QED) is 0.760. The first kappa shape index (κ1) is 21.4. The number of rotatable bonds is 5. The van der Waals surface area contributed by atoms with Crippen LogP contribution in [0.25, 0.3) is 0 Å². The van der Waals surface area contributed by atoms with E-state index in [9.17, 15) is 9.18 Å². The molecule has 28 heavy (non-hydrogen) atoms. The number of likely N-dealkylation sites (N-methyl/N-ethyl adjacent to an activating group) is 1. The summed E-state index contributed by atoms with van der Waals surface area (Å²) in [6.07, 6.45) is 3.37. The van der Waals surface area contributed by atoms with Crippen LogP contribution in [0.1, 0.15) is 43.5 Å². The number of carboxylic acids is 1. The van der Waals surface area contributed by atoms with E-state index in [-0.39, 0.29) is 17.8 Å². The molecule has 0 aromatic heterocycles. The van der Waals surface area contributed by atoms with Crippen molar-refractivity contribution in [3.63, 3.8) is 0 Å². The number of hydrogen-bond donors (Lipinski definition) is 1. The summed E-state index contributed by atoms with van der Waals surface area (Å²) in [5.41, 5.74) is 2.63. The number of hydrogen-bond acceptors (Lipinski definition) is 2. The van der Waals surface area contributed by atoms with Gasteiger partial charge < -0.3 is 5.11 Å². The van der Waals surface area contributed by atoms with Gasteiger partial charge in [0.25, 0.3) is 0 Å². The van der Waals surface area contributed by atoms with Gasteiger partial charge in [0.15, 0.2) is 0 Å². The third-order valence-corrected chi connectivity index (χ3v) is 4.41. The molecular formula is C24H26FNO2. The maximum absolute atomic E-state index is 14.2. The Morgan fingerprint density at radius 2 is 1.82 bits per heavy atom. The number of carbonyl (C=O) groups is 1. The fourth-order valence-electron chi connectivity index (χ4n) is 2.83. The van der Waals surface area contributed by atoms with Crippen LogP contribution in [0.5, 0.6) is 0 Å².